The Balaban J connectivity index is 2.21. The summed E-state index contributed by atoms with van der Waals surface area (Å²) in [6, 6.07) is 7.04. The van der Waals surface area contributed by atoms with Crippen molar-refractivity contribution in [3.63, 3.8) is 0 Å². The van der Waals surface area contributed by atoms with Gasteiger partial charge in [0.05, 0.1) is 5.71 Å². The lowest BCUT2D eigenvalue weighted by atomic mass is 10.1. The van der Waals surface area contributed by atoms with E-state index in [9.17, 15) is 4.91 Å². The third-order valence-corrected chi connectivity index (χ3v) is 3.41. The smallest absolute Gasteiger partial charge is 0.185 e. The summed E-state index contributed by atoms with van der Waals surface area (Å²) in [5.74, 6) is 0.783. The number of rotatable bonds is 2. The van der Waals surface area contributed by atoms with Gasteiger partial charge in [-0.25, -0.2) is 0 Å². The Labute approximate surface area is 104 Å². The van der Waals surface area contributed by atoms with Gasteiger partial charge in [-0.15, -0.1) is 10.0 Å². The van der Waals surface area contributed by atoms with E-state index in [0.717, 1.165) is 22.2 Å². The molecule has 0 aromatic heterocycles. The number of hydrogen-bond donors (Lipinski definition) is 0. The summed E-state index contributed by atoms with van der Waals surface area (Å²) in [6.07, 6.45) is 0. The zero-order valence-corrected chi connectivity index (χ0v) is 10.4. The standard InChI is InChI=1S/C11H12N4OS/c1-15(2)11-13-12-10(7-17-11)8-3-5-9(14-16)6-4-8/h3-6H,7H2,1-2H3. The molecule has 0 N–H and O–H groups in total. The molecule has 1 heterocycles. The van der Waals surface area contributed by atoms with Crippen LogP contribution in [0.15, 0.2) is 39.6 Å². The van der Waals surface area contributed by atoms with Gasteiger partial charge in [-0.2, -0.15) is 5.10 Å². The Morgan fingerprint density at radius 1 is 1.24 bits per heavy atom. The van der Waals surface area contributed by atoms with E-state index in [1.807, 2.05) is 31.1 Å². The third-order valence-electron chi connectivity index (χ3n) is 2.28. The van der Waals surface area contributed by atoms with E-state index in [1.165, 1.54) is 0 Å². The van der Waals surface area contributed by atoms with Gasteiger partial charge in [0.15, 0.2) is 5.17 Å². The molecule has 0 spiro atoms. The van der Waals surface area contributed by atoms with E-state index < -0.39 is 0 Å². The Morgan fingerprint density at radius 3 is 2.41 bits per heavy atom. The van der Waals surface area contributed by atoms with E-state index in [0.29, 0.717) is 5.69 Å². The molecule has 5 nitrogen and oxygen atoms in total. The van der Waals surface area contributed by atoms with Crippen LogP contribution in [0, 0.1) is 4.91 Å². The molecule has 17 heavy (non-hydrogen) atoms. The summed E-state index contributed by atoms with van der Waals surface area (Å²) in [6.45, 7) is 0. The molecule has 0 saturated carbocycles. The van der Waals surface area contributed by atoms with Gasteiger partial charge in [0.2, 0.25) is 0 Å². The molecule has 0 radical (unpaired) electrons. The number of amidine groups is 1. The van der Waals surface area contributed by atoms with Gasteiger partial charge in [0.1, 0.15) is 5.69 Å². The average molecular weight is 248 g/mol. The molecule has 1 aromatic carbocycles. The third kappa shape index (κ3) is 2.71. The monoisotopic (exact) mass is 248 g/mol. The summed E-state index contributed by atoms with van der Waals surface area (Å²) in [4.78, 5) is 12.2. The molecule has 6 heteroatoms. The van der Waals surface area contributed by atoms with Crippen LogP contribution in [0.25, 0.3) is 0 Å². The van der Waals surface area contributed by atoms with Crippen molar-refractivity contribution in [3.8, 4) is 0 Å². The summed E-state index contributed by atoms with van der Waals surface area (Å²) in [7, 11) is 3.88. The fourth-order valence-corrected chi connectivity index (χ4v) is 2.22. The van der Waals surface area contributed by atoms with Gasteiger partial charge in [-0.05, 0) is 22.9 Å². The van der Waals surface area contributed by atoms with Crippen LogP contribution in [-0.4, -0.2) is 35.6 Å². The van der Waals surface area contributed by atoms with Gasteiger partial charge in [0, 0.05) is 19.8 Å². The maximum atomic E-state index is 10.3. The number of nitrogens with zero attached hydrogens (tertiary/aromatic N) is 4. The van der Waals surface area contributed by atoms with Crippen LogP contribution in [-0.2, 0) is 0 Å². The Morgan fingerprint density at radius 2 is 1.94 bits per heavy atom. The Bertz CT molecular complexity index is 479. The maximum absolute atomic E-state index is 10.3. The summed E-state index contributed by atoms with van der Waals surface area (Å²) < 4.78 is 0. The van der Waals surface area contributed by atoms with Crippen LogP contribution in [0.1, 0.15) is 5.56 Å². The quantitative estimate of drug-likeness (QED) is 0.755. The van der Waals surface area contributed by atoms with Crippen LogP contribution in [0.5, 0.6) is 0 Å². The van der Waals surface area contributed by atoms with Gasteiger partial charge in [-0.3, -0.25) is 0 Å². The predicted octanol–water partition coefficient (Wildman–Crippen LogP) is 2.45. The summed E-state index contributed by atoms with van der Waals surface area (Å²) in [5.41, 5.74) is 2.32. The molecule has 0 fully saturated rings. The highest BCUT2D eigenvalue weighted by Gasteiger charge is 2.13. The normalized spacial score (nSPS) is 14.9. The zero-order chi connectivity index (χ0) is 12.3. The minimum atomic E-state index is 0.426. The second-order valence-electron chi connectivity index (χ2n) is 3.75. The lowest BCUT2D eigenvalue weighted by molar-refractivity contribution is 0.633. The van der Waals surface area contributed by atoms with Crippen LogP contribution in [0.2, 0.25) is 0 Å². The zero-order valence-electron chi connectivity index (χ0n) is 9.62. The topological polar surface area (TPSA) is 57.4 Å². The number of thioether (sulfide) groups is 1. The first-order valence-corrected chi connectivity index (χ1v) is 6.07. The van der Waals surface area contributed by atoms with Crippen LogP contribution < -0.4 is 0 Å². The van der Waals surface area contributed by atoms with Gasteiger partial charge >= 0.3 is 0 Å². The number of hydrogen-bond acceptors (Lipinski definition) is 6. The van der Waals surface area contributed by atoms with Crippen molar-refractivity contribution in [2.24, 2.45) is 15.4 Å². The van der Waals surface area contributed by atoms with Crippen molar-refractivity contribution in [1.29, 1.82) is 0 Å². The molecule has 1 aliphatic heterocycles. The van der Waals surface area contributed by atoms with Gasteiger partial charge in [-0.1, -0.05) is 23.9 Å². The summed E-state index contributed by atoms with van der Waals surface area (Å²) in [5, 5.41) is 12.1. The number of benzene rings is 1. The first-order chi connectivity index (χ1) is 8.20. The minimum Gasteiger partial charge on any atom is -0.356 e. The molecular weight excluding hydrogens is 236 g/mol. The van der Waals surface area contributed by atoms with E-state index in [1.54, 1.807) is 23.9 Å². The number of nitroso groups, excluding NO2 is 1. The molecular formula is C11H12N4OS. The molecule has 0 amide bonds. The highest BCUT2D eigenvalue weighted by atomic mass is 32.2. The fourth-order valence-electron chi connectivity index (χ4n) is 1.37. The molecule has 0 unspecified atom stereocenters. The first-order valence-electron chi connectivity index (χ1n) is 5.09. The molecule has 0 saturated heterocycles. The van der Waals surface area contributed by atoms with E-state index in [4.69, 9.17) is 0 Å². The molecule has 0 atom stereocenters. The van der Waals surface area contributed by atoms with Crippen molar-refractivity contribution in [3.05, 3.63) is 34.7 Å². The Hall–Kier alpha value is -1.69. The molecule has 1 aliphatic rings. The van der Waals surface area contributed by atoms with E-state index >= 15 is 0 Å². The minimum absolute atomic E-state index is 0.426. The highest BCUT2D eigenvalue weighted by Crippen LogP contribution is 2.19. The first kappa shape index (κ1) is 11.8. The largest absolute Gasteiger partial charge is 0.356 e. The average Bonchev–Trinajstić information content (AvgIpc) is 2.39. The molecule has 1 aromatic rings. The van der Waals surface area contributed by atoms with Crippen molar-refractivity contribution in [1.82, 2.24) is 4.90 Å². The van der Waals surface area contributed by atoms with Crippen molar-refractivity contribution >= 4 is 28.3 Å². The molecule has 0 bridgehead atoms. The second kappa shape index (κ2) is 5.09. The van der Waals surface area contributed by atoms with Crippen molar-refractivity contribution < 1.29 is 0 Å². The highest BCUT2D eigenvalue weighted by molar-refractivity contribution is 8.14. The van der Waals surface area contributed by atoms with Crippen LogP contribution in [0.4, 0.5) is 5.69 Å². The van der Waals surface area contributed by atoms with Crippen molar-refractivity contribution in [2.75, 3.05) is 19.8 Å². The predicted molar refractivity (Wildman–Crippen MR) is 72.0 cm³/mol. The van der Waals surface area contributed by atoms with Gasteiger partial charge in [0.25, 0.3) is 0 Å². The Kier molecular flexibility index (Phi) is 3.53. The van der Waals surface area contributed by atoms with Crippen LogP contribution in [0.3, 0.4) is 0 Å². The van der Waals surface area contributed by atoms with Gasteiger partial charge < -0.3 is 4.90 Å². The lowest BCUT2D eigenvalue weighted by Gasteiger charge is -2.17. The van der Waals surface area contributed by atoms with E-state index in [2.05, 4.69) is 15.4 Å². The molecule has 2 rings (SSSR count). The molecule has 0 aliphatic carbocycles. The maximum Gasteiger partial charge on any atom is 0.185 e. The lowest BCUT2D eigenvalue weighted by Crippen LogP contribution is -2.23. The van der Waals surface area contributed by atoms with Crippen molar-refractivity contribution in [2.45, 2.75) is 0 Å². The summed E-state index contributed by atoms with van der Waals surface area (Å²) >= 11 is 1.64. The van der Waals surface area contributed by atoms with Crippen LogP contribution >= 0.6 is 11.8 Å². The second-order valence-corrected chi connectivity index (χ2v) is 4.69. The molecule has 88 valence electrons. The SMILES string of the molecule is CN(C)C1=NN=C(c2ccc(N=O)cc2)CS1. The van der Waals surface area contributed by atoms with E-state index in [-0.39, 0.29) is 0 Å². The fraction of sp³-hybridized carbons (Fsp3) is 0.273.